The van der Waals surface area contributed by atoms with Gasteiger partial charge >= 0.3 is 0 Å². The molecular formula is C49H30N4S. The van der Waals surface area contributed by atoms with Crippen molar-refractivity contribution in [3.8, 4) is 51.0 Å². The molecule has 3 heterocycles. The molecule has 11 rings (SSSR count). The Morgan fingerprint density at radius 1 is 0.389 bits per heavy atom. The Labute approximate surface area is 315 Å². The number of para-hydroxylation sites is 2. The third-order valence-electron chi connectivity index (χ3n) is 10.4. The molecule has 0 spiro atoms. The van der Waals surface area contributed by atoms with Crippen LogP contribution in [0.5, 0.6) is 0 Å². The minimum absolute atomic E-state index is 0.660. The average molecular weight is 707 g/mol. The Morgan fingerprint density at radius 2 is 0.944 bits per heavy atom. The highest BCUT2D eigenvalue weighted by atomic mass is 32.1. The quantitative estimate of drug-likeness (QED) is 0.179. The standard InChI is InChI=1S/C49H30N4S/c1-4-14-31(15-5-1)47-50-48(32-16-6-2-7-17-32)52-49(51-47)41-30-35-18-10-11-21-37(35)45-40-29-34(25-27-44(40)54-46(41)45)33-24-26-43-39(28-33)38-22-12-13-23-42(38)53(43)36-19-8-3-9-20-36/h1-30H. The van der Waals surface area contributed by atoms with Crippen LogP contribution in [-0.2, 0) is 0 Å². The van der Waals surface area contributed by atoms with Gasteiger partial charge in [0.25, 0.3) is 0 Å². The van der Waals surface area contributed by atoms with Crippen molar-refractivity contribution in [1.82, 2.24) is 19.5 Å². The fourth-order valence-corrected chi connectivity index (χ4v) is 9.12. The van der Waals surface area contributed by atoms with E-state index in [2.05, 4.69) is 150 Å². The van der Waals surface area contributed by atoms with Gasteiger partial charge in [0, 0.05) is 53.3 Å². The van der Waals surface area contributed by atoms with E-state index in [1.54, 1.807) is 11.3 Å². The highest BCUT2D eigenvalue weighted by Gasteiger charge is 2.20. The number of aromatic nitrogens is 4. The van der Waals surface area contributed by atoms with Crippen molar-refractivity contribution in [3.05, 3.63) is 182 Å². The summed E-state index contributed by atoms with van der Waals surface area (Å²) >= 11 is 1.81. The predicted molar refractivity (Wildman–Crippen MR) is 226 cm³/mol. The SMILES string of the molecule is c1ccc(-c2nc(-c3ccccc3)nc(-c3cc4ccccc4c4c3sc3ccc(-c5ccc6c(c5)c5ccccc5n6-c5ccccc5)cc34)n2)cc1. The Kier molecular flexibility index (Phi) is 7.00. The van der Waals surface area contributed by atoms with Crippen LogP contribution in [0.3, 0.4) is 0 Å². The largest absolute Gasteiger partial charge is 0.309 e. The van der Waals surface area contributed by atoms with Crippen LogP contribution in [0.1, 0.15) is 0 Å². The van der Waals surface area contributed by atoms with E-state index in [-0.39, 0.29) is 0 Å². The Hall–Kier alpha value is -6.95. The van der Waals surface area contributed by atoms with E-state index in [9.17, 15) is 0 Å². The molecule has 0 aliphatic carbocycles. The lowest BCUT2D eigenvalue weighted by atomic mass is 9.97. The number of rotatable bonds is 5. The van der Waals surface area contributed by atoms with Gasteiger partial charge in [-0.3, -0.25) is 0 Å². The Morgan fingerprint density at radius 3 is 1.67 bits per heavy atom. The molecule has 0 saturated carbocycles. The third kappa shape index (κ3) is 4.94. The van der Waals surface area contributed by atoms with Gasteiger partial charge in [-0.15, -0.1) is 11.3 Å². The summed E-state index contributed by atoms with van der Waals surface area (Å²) in [6.07, 6.45) is 0. The highest BCUT2D eigenvalue weighted by molar-refractivity contribution is 7.26. The van der Waals surface area contributed by atoms with Crippen LogP contribution >= 0.6 is 11.3 Å². The van der Waals surface area contributed by atoms with Crippen molar-refractivity contribution >= 4 is 64.1 Å². The van der Waals surface area contributed by atoms with E-state index in [4.69, 9.17) is 15.0 Å². The van der Waals surface area contributed by atoms with Crippen molar-refractivity contribution in [2.75, 3.05) is 0 Å². The topological polar surface area (TPSA) is 43.6 Å². The second-order valence-corrected chi connectivity index (χ2v) is 14.7. The first-order chi connectivity index (χ1) is 26.8. The molecule has 252 valence electrons. The van der Waals surface area contributed by atoms with Crippen molar-refractivity contribution in [3.63, 3.8) is 0 Å². The second kappa shape index (κ2) is 12.3. The number of fused-ring (bicyclic) bond motifs is 8. The zero-order valence-electron chi connectivity index (χ0n) is 29.0. The van der Waals surface area contributed by atoms with Crippen LogP contribution in [0.4, 0.5) is 0 Å². The average Bonchev–Trinajstić information content (AvgIpc) is 3.80. The van der Waals surface area contributed by atoms with Crippen LogP contribution in [0, 0.1) is 0 Å². The van der Waals surface area contributed by atoms with Crippen molar-refractivity contribution < 1.29 is 0 Å². The molecule has 0 atom stereocenters. The molecule has 0 radical (unpaired) electrons. The van der Waals surface area contributed by atoms with E-state index in [0.717, 1.165) is 27.8 Å². The van der Waals surface area contributed by atoms with Crippen molar-refractivity contribution in [1.29, 1.82) is 0 Å². The molecule has 8 aromatic carbocycles. The van der Waals surface area contributed by atoms with Crippen LogP contribution in [-0.4, -0.2) is 19.5 Å². The van der Waals surface area contributed by atoms with Crippen LogP contribution < -0.4 is 0 Å². The van der Waals surface area contributed by atoms with Gasteiger partial charge in [0.2, 0.25) is 0 Å². The molecule has 0 unspecified atom stereocenters. The van der Waals surface area contributed by atoms with Crippen LogP contribution in [0.15, 0.2) is 182 Å². The predicted octanol–water partition coefficient (Wildman–Crippen LogP) is 13.2. The van der Waals surface area contributed by atoms with Gasteiger partial charge in [0.1, 0.15) is 0 Å². The van der Waals surface area contributed by atoms with E-state index in [1.165, 1.54) is 58.5 Å². The third-order valence-corrected chi connectivity index (χ3v) is 11.6. The zero-order chi connectivity index (χ0) is 35.6. The highest BCUT2D eigenvalue weighted by Crippen LogP contribution is 2.45. The van der Waals surface area contributed by atoms with Gasteiger partial charge in [-0.05, 0) is 70.4 Å². The summed E-state index contributed by atoms with van der Waals surface area (Å²) in [5.41, 5.74) is 8.88. The van der Waals surface area contributed by atoms with E-state index in [1.807, 2.05) is 36.4 Å². The first-order valence-corrected chi connectivity index (χ1v) is 18.9. The van der Waals surface area contributed by atoms with Crippen molar-refractivity contribution in [2.24, 2.45) is 0 Å². The van der Waals surface area contributed by atoms with Gasteiger partial charge in [0.15, 0.2) is 17.5 Å². The smallest absolute Gasteiger partial charge is 0.165 e. The summed E-state index contributed by atoms with van der Waals surface area (Å²) in [7, 11) is 0. The number of benzene rings is 8. The van der Waals surface area contributed by atoms with Crippen LogP contribution in [0.25, 0.3) is 104 Å². The minimum atomic E-state index is 0.660. The summed E-state index contributed by atoms with van der Waals surface area (Å²) in [6, 6.07) is 64.4. The first-order valence-electron chi connectivity index (χ1n) is 18.1. The molecule has 0 N–H and O–H groups in total. The summed E-state index contributed by atoms with van der Waals surface area (Å²) in [5, 5.41) is 7.34. The molecule has 0 saturated heterocycles. The molecule has 54 heavy (non-hydrogen) atoms. The zero-order valence-corrected chi connectivity index (χ0v) is 29.8. The molecule has 11 aromatic rings. The fraction of sp³-hybridized carbons (Fsp3) is 0. The van der Waals surface area contributed by atoms with E-state index in [0.29, 0.717) is 17.5 Å². The first kappa shape index (κ1) is 30.7. The lowest BCUT2D eigenvalue weighted by Gasteiger charge is -2.11. The number of hydrogen-bond acceptors (Lipinski definition) is 4. The molecule has 5 heteroatoms. The number of nitrogens with zero attached hydrogens (tertiary/aromatic N) is 4. The van der Waals surface area contributed by atoms with Crippen LogP contribution in [0.2, 0.25) is 0 Å². The normalized spacial score (nSPS) is 11.7. The lowest BCUT2D eigenvalue weighted by Crippen LogP contribution is -2.00. The van der Waals surface area contributed by atoms with Gasteiger partial charge in [-0.2, -0.15) is 0 Å². The molecule has 0 aliphatic rings. The molecule has 0 amide bonds. The molecular weight excluding hydrogens is 677 g/mol. The summed E-state index contributed by atoms with van der Waals surface area (Å²) < 4.78 is 4.77. The van der Waals surface area contributed by atoms with E-state index < -0.39 is 0 Å². The Balaban J connectivity index is 1.13. The summed E-state index contributed by atoms with van der Waals surface area (Å²) in [5.74, 6) is 1.99. The van der Waals surface area contributed by atoms with Gasteiger partial charge in [-0.1, -0.05) is 133 Å². The fourth-order valence-electron chi connectivity index (χ4n) is 7.91. The second-order valence-electron chi connectivity index (χ2n) is 13.6. The lowest BCUT2D eigenvalue weighted by molar-refractivity contribution is 1.08. The van der Waals surface area contributed by atoms with E-state index >= 15 is 0 Å². The molecule has 4 nitrogen and oxygen atoms in total. The molecule has 0 fully saturated rings. The summed E-state index contributed by atoms with van der Waals surface area (Å²) in [6.45, 7) is 0. The molecule has 0 aliphatic heterocycles. The number of hydrogen-bond donors (Lipinski definition) is 0. The molecule has 3 aromatic heterocycles. The minimum Gasteiger partial charge on any atom is -0.309 e. The maximum Gasteiger partial charge on any atom is 0.165 e. The molecule has 0 bridgehead atoms. The van der Waals surface area contributed by atoms with Gasteiger partial charge in [-0.25, -0.2) is 15.0 Å². The maximum absolute atomic E-state index is 5.15. The summed E-state index contributed by atoms with van der Waals surface area (Å²) in [4.78, 5) is 15.3. The van der Waals surface area contributed by atoms with Gasteiger partial charge < -0.3 is 4.57 Å². The number of thiophene rings is 1. The maximum atomic E-state index is 5.15. The monoisotopic (exact) mass is 706 g/mol. The Bertz CT molecular complexity index is 3140. The van der Waals surface area contributed by atoms with Crippen molar-refractivity contribution in [2.45, 2.75) is 0 Å². The van der Waals surface area contributed by atoms with Gasteiger partial charge in [0.05, 0.1) is 11.0 Å².